The second-order valence-corrected chi connectivity index (χ2v) is 5.72. The number of hydrogen-bond donors (Lipinski definition) is 1. The second-order valence-electron chi connectivity index (χ2n) is 5.72. The Hall–Kier alpha value is -3.94. The van der Waals surface area contributed by atoms with Gasteiger partial charge in [0.2, 0.25) is 0 Å². The van der Waals surface area contributed by atoms with Crippen LogP contribution in [0.4, 0.5) is 11.5 Å². The molecule has 28 heavy (non-hydrogen) atoms. The largest absolute Gasteiger partial charge is 0.497 e. The van der Waals surface area contributed by atoms with E-state index in [9.17, 15) is 14.9 Å². The lowest BCUT2D eigenvalue weighted by molar-refractivity contribution is -0.385. The van der Waals surface area contributed by atoms with Crippen molar-refractivity contribution in [3.8, 4) is 11.5 Å². The van der Waals surface area contributed by atoms with Crippen LogP contribution in [0, 0.1) is 10.1 Å². The van der Waals surface area contributed by atoms with Crippen molar-refractivity contribution in [1.82, 2.24) is 4.98 Å². The monoisotopic (exact) mass is 379 g/mol. The van der Waals surface area contributed by atoms with Crippen molar-refractivity contribution < 1.29 is 19.2 Å². The number of hydrogen-bond acceptors (Lipinski definition) is 6. The van der Waals surface area contributed by atoms with Gasteiger partial charge in [-0.25, -0.2) is 4.98 Å². The summed E-state index contributed by atoms with van der Waals surface area (Å²) in [6, 6.07) is 16.8. The summed E-state index contributed by atoms with van der Waals surface area (Å²) in [6.07, 6.45) is 1.49. The molecule has 1 aromatic heterocycles. The molecule has 0 aliphatic heterocycles. The van der Waals surface area contributed by atoms with Gasteiger partial charge in [-0.1, -0.05) is 30.3 Å². The van der Waals surface area contributed by atoms with Crippen LogP contribution < -0.4 is 14.8 Å². The van der Waals surface area contributed by atoms with E-state index < -0.39 is 10.8 Å². The highest BCUT2D eigenvalue weighted by Crippen LogP contribution is 2.27. The Morgan fingerprint density at radius 1 is 1.14 bits per heavy atom. The van der Waals surface area contributed by atoms with Crippen molar-refractivity contribution in [3.63, 3.8) is 0 Å². The highest BCUT2D eigenvalue weighted by molar-refractivity contribution is 6.07. The maximum atomic E-state index is 12.7. The van der Waals surface area contributed by atoms with Crippen molar-refractivity contribution in [3.05, 3.63) is 88.1 Å². The fourth-order valence-electron chi connectivity index (χ4n) is 2.49. The number of ether oxygens (including phenoxy) is 2. The number of nitrogens with one attached hydrogen (secondary N) is 1. The zero-order chi connectivity index (χ0) is 19.9. The third kappa shape index (κ3) is 4.42. The molecule has 0 fully saturated rings. The van der Waals surface area contributed by atoms with Crippen molar-refractivity contribution in [1.29, 1.82) is 0 Å². The van der Waals surface area contributed by atoms with Crippen LogP contribution in [0.5, 0.6) is 11.5 Å². The first-order chi connectivity index (χ1) is 13.6. The van der Waals surface area contributed by atoms with E-state index in [2.05, 4.69) is 10.3 Å². The summed E-state index contributed by atoms with van der Waals surface area (Å²) in [6.45, 7) is 0.286. The van der Waals surface area contributed by atoms with Gasteiger partial charge in [0.05, 0.1) is 12.0 Å². The van der Waals surface area contributed by atoms with Crippen LogP contribution in [-0.2, 0) is 6.61 Å². The minimum Gasteiger partial charge on any atom is -0.497 e. The van der Waals surface area contributed by atoms with Gasteiger partial charge < -0.3 is 14.8 Å². The first kappa shape index (κ1) is 18.8. The normalized spacial score (nSPS) is 10.2. The fourth-order valence-corrected chi connectivity index (χ4v) is 2.49. The van der Waals surface area contributed by atoms with Gasteiger partial charge in [0.1, 0.15) is 17.9 Å². The second kappa shape index (κ2) is 8.63. The molecule has 0 aliphatic carbocycles. The molecular formula is C20H17N3O5. The first-order valence-corrected chi connectivity index (χ1v) is 8.34. The minimum absolute atomic E-state index is 0.135. The summed E-state index contributed by atoms with van der Waals surface area (Å²) in [5, 5.41) is 13.8. The maximum absolute atomic E-state index is 12.7. The molecule has 8 heteroatoms. The van der Waals surface area contributed by atoms with E-state index in [-0.39, 0.29) is 23.7 Å². The Kier molecular flexibility index (Phi) is 5.81. The molecule has 1 amide bonds. The average molecular weight is 379 g/mol. The fraction of sp³-hybridized carbons (Fsp3) is 0.100. The summed E-state index contributed by atoms with van der Waals surface area (Å²) in [4.78, 5) is 27.4. The third-order valence-electron chi connectivity index (χ3n) is 3.88. The molecule has 0 bridgehead atoms. The average Bonchev–Trinajstić information content (AvgIpc) is 2.73. The third-order valence-corrected chi connectivity index (χ3v) is 3.88. The Bertz CT molecular complexity index is 992. The molecule has 0 unspecified atom stereocenters. The molecule has 0 atom stereocenters. The van der Waals surface area contributed by atoms with E-state index in [0.29, 0.717) is 11.5 Å². The van der Waals surface area contributed by atoms with Crippen LogP contribution in [0.3, 0.4) is 0 Å². The molecule has 0 saturated heterocycles. The number of pyridine rings is 1. The predicted molar refractivity (Wildman–Crippen MR) is 103 cm³/mol. The molecule has 0 spiro atoms. The van der Waals surface area contributed by atoms with E-state index in [0.717, 1.165) is 5.56 Å². The van der Waals surface area contributed by atoms with Gasteiger partial charge in [0, 0.05) is 12.3 Å². The number of carbonyl (C=O) groups is 1. The van der Waals surface area contributed by atoms with Gasteiger partial charge in [-0.2, -0.15) is 0 Å². The molecule has 2 aromatic carbocycles. The molecule has 0 saturated carbocycles. The molecule has 8 nitrogen and oxygen atoms in total. The standard InChI is InChI=1S/C20H17N3O5/c1-27-15-9-10-17(23(25)26)16(12-15)20(24)22-19-18(8-5-11-21-19)28-13-14-6-3-2-4-7-14/h2-12H,13H2,1H3,(H,21,22,24). The number of aromatic nitrogens is 1. The minimum atomic E-state index is -0.686. The summed E-state index contributed by atoms with van der Waals surface area (Å²) < 4.78 is 10.8. The molecule has 0 radical (unpaired) electrons. The highest BCUT2D eigenvalue weighted by atomic mass is 16.6. The van der Waals surface area contributed by atoms with Crippen LogP contribution >= 0.6 is 0 Å². The van der Waals surface area contributed by atoms with Crippen molar-refractivity contribution in [2.75, 3.05) is 12.4 Å². The number of benzene rings is 2. The highest BCUT2D eigenvalue weighted by Gasteiger charge is 2.22. The van der Waals surface area contributed by atoms with Crippen LogP contribution in [0.15, 0.2) is 66.9 Å². The van der Waals surface area contributed by atoms with E-state index >= 15 is 0 Å². The topological polar surface area (TPSA) is 104 Å². The van der Waals surface area contributed by atoms with Crippen molar-refractivity contribution >= 4 is 17.4 Å². The Morgan fingerprint density at radius 3 is 2.64 bits per heavy atom. The number of rotatable bonds is 7. The summed E-state index contributed by atoms with van der Waals surface area (Å²) in [7, 11) is 1.41. The lowest BCUT2D eigenvalue weighted by Gasteiger charge is -2.12. The summed E-state index contributed by atoms with van der Waals surface area (Å²) in [5.74, 6) is 0.164. The van der Waals surface area contributed by atoms with Crippen LogP contribution in [0.2, 0.25) is 0 Å². The number of nitro groups is 1. The van der Waals surface area contributed by atoms with E-state index in [1.165, 1.54) is 31.5 Å². The zero-order valence-electron chi connectivity index (χ0n) is 15.0. The van der Waals surface area contributed by atoms with Gasteiger partial charge >= 0.3 is 0 Å². The van der Waals surface area contributed by atoms with Gasteiger partial charge in [-0.05, 0) is 29.8 Å². The number of nitrogens with zero attached hydrogens (tertiary/aromatic N) is 2. The molecule has 142 valence electrons. The Morgan fingerprint density at radius 2 is 1.93 bits per heavy atom. The van der Waals surface area contributed by atoms with Crippen molar-refractivity contribution in [2.24, 2.45) is 0 Å². The maximum Gasteiger partial charge on any atom is 0.282 e. The Labute approximate surface area is 160 Å². The summed E-state index contributed by atoms with van der Waals surface area (Å²) >= 11 is 0. The molecular weight excluding hydrogens is 362 g/mol. The molecule has 3 aromatic rings. The van der Waals surface area contributed by atoms with Gasteiger partial charge in [-0.15, -0.1) is 0 Å². The van der Waals surface area contributed by atoms with Crippen molar-refractivity contribution in [2.45, 2.75) is 6.61 Å². The van der Waals surface area contributed by atoms with E-state index in [1.54, 1.807) is 12.1 Å². The van der Waals surface area contributed by atoms with Crippen LogP contribution in [-0.4, -0.2) is 22.9 Å². The lowest BCUT2D eigenvalue weighted by Crippen LogP contribution is -2.16. The predicted octanol–water partition coefficient (Wildman–Crippen LogP) is 3.83. The number of anilines is 1. The zero-order valence-corrected chi connectivity index (χ0v) is 15.0. The van der Waals surface area contributed by atoms with Crippen LogP contribution in [0.1, 0.15) is 15.9 Å². The smallest absolute Gasteiger partial charge is 0.282 e. The number of amides is 1. The lowest BCUT2D eigenvalue weighted by atomic mass is 10.1. The van der Waals surface area contributed by atoms with E-state index in [4.69, 9.17) is 9.47 Å². The van der Waals surface area contributed by atoms with Crippen LogP contribution in [0.25, 0.3) is 0 Å². The number of methoxy groups -OCH3 is 1. The molecule has 0 aliphatic rings. The molecule has 3 rings (SSSR count). The Balaban J connectivity index is 1.82. The quantitative estimate of drug-likeness (QED) is 0.494. The van der Waals surface area contributed by atoms with Gasteiger partial charge in [0.25, 0.3) is 11.6 Å². The molecule has 1 heterocycles. The summed E-state index contributed by atoms with van der Waals surface area (Å²) in [5.41, 5.74) is 0.483. The molecule has 1 N–H and O–H groups in total. The van der Waals surface area contributed by atoms with Gasteiger partial charge in [-0.3, -0.25) is 14.9 Å². The number of nitro benzene ring substituents is 1. The SMILES string of the molecule is COc1ccc([N+](=O)[O-])c(C(=O)Nc2ncccc2OCc2ccccc2)c1. The van der Waals surface area contributed by atoms with Gasteiger partial charge in [0.15, 0.2) is 11.6 Å². The number of carbonyl (C=O) groups excluding carboxylic acids is 1. The first-order valence-electron chi connectivity index (χ1n) is 8.34. The van der Waals surface area contributed by atoms with E-state index in [1.807, 2.05) is 30.3 Å².